The van der Waals surface area contributed by atoms with E-state index < -0.39 is 0 Å². The second kappa shape index (κ2) is 10.6. The first kappa shape index (κ1) is 20.8. The van der Waals surface area contributed by atoms with E-state index in [4.69, 9.17) is 16.2 Å². The van der Waals surface area contributed by atoms with Crippen LogP contribution in [0.4, 0.5) is 11.4 Å². The summed E-state index contributed by atoms with van der Waals surface area (Å²) in [5, 5.41) is 0. The highest BCUT2D eigenvalue weighted by atomic mass is 16.5. The van der Waals surface area contributed by atoms with E-state index in [2.05, 4.69) is 18.7 Å². The molecule has 27 heavy (non-hydrogen) atoms. The smallest absolute Gasteiger partial charge is 0.196 e. The minimum atomic E-state index is -0.115. The third kappa shape index (κ3) is 6.00. The quantitative estimate of drug-likeness (QED) is 0.356. The van der Waals surface area contributed by atoms with Gasteiger partial charge in [0.25, 0.3) is 0 Å². The molecule has 0 amide bonds. The third-order valence-electron chi connectivity index (χ3n) is 4.44. The van der Waals surface area contributed by atoms with Crippen LogP contribution in [0.5, 0.6) is 5.75 Å². The molecule has 0 aromatic heterocycles. The van der Waals surface area contributed by atoms with Crippen LogP contribution in [0.1, 0.15) is 49.0 Å². The van der Waals surface area contributed by atoms with Crippen molar-refractivity contribution in [3.8, 4) is 5.75 Å². The van der Waals surface area contributed by atoms with Crippen LogP contribution in [0.15, 0.2) is 42.5 Å². The number of nitrogens with two attached hydrogens (primary N) is 2. The molecule has 0 heterocycles. The Labute approximate surface area is 162 Å². The SMILES string of the molecule is CCCN(CCC)CCCOc1ccccc1C(=O)c1ccc(N)c(N)c1. The monoisotopic (exact) mass is 369 g/mol. The standard InChI is InChI=1S/C22H31N3O2/c1-3-12-25(13-4-2)14-7-15-27-21-9-6-5-8-18(21)22(26)17-10-11-19(23)20(24)16-17/h5-6,8-11,16H,3-4,7,12-15,23-24H2,1-2H3. The molecule has 2 aromatic carbocycles. The zero-order valence-electron chi connectivity index (χ0n) is 16.4. The van der Waals surface area contributed by atoms with Gasteiger partial charge in [0, 0.05) is 12.1 Å². The molecule has 0 aliphatic carbocycles. The number of rotatable bonds is 11. The first-order valence-corrected chi connectivity index (χ1v) is 9.70. The Kier molecular flexibility index (Phi) is 8.14. The van der Waals surface area contributed by atoms with Gasteiger partial charge in [-0.2, -0.15) is 0 Å². The number of ketones is 1. The fraction of sp³-hybridized carbons (Fsp3) is 0.409. The number of anilines is 2. The summed E-state index contributed by atoms with van der Waals surface area (Å²) < 4.78 is 5.94. The van der Waals surface area contributed by atoms with Gasteiger partial charge in [0.15, 0.2) is 5.78 Å². The Bertz CT molecular complexity index is 740. The van der Waals surface area contributed by atoms with E-state index in [9.17, 15) is 4.79 Å². The van der Waals surface area contributed by atoms with E-state index in [1.165, 1.54) is 0 Å². The molecule has 0 aliphatic heterocycles. The fourth-order valence-corrected chi connectivity index (χ4v) is 3.09. The van der Waals surface area contributed by atoms with E-state index >= 15 is 0 Å². The first-order chi connectivity index (χ1) is 13.1. The van der Waals surface area contributed by atoms with E-state index in [0.29, 0.717) is 34.9 Å². The van der Waals surface area contributed by atoms with Gasteiger partial charge in [-0.15, -0.1) is 0 Å². The van der Waals surface area contributed by atoms with Crippen molar-refractivity contribution in [1.29, 1.82) is 0 Å². The van der Waals surface area contributed by atoms with Crippen LogP contribution in [0.25, 0.3) is 0 Å². The zero-order chi connectivity index (χ0) is 19.6. The van der Waals surface area contributed by atoms with Gasteiger partial charge in [-0.25, -0.2) is 0 Å². The van der Waals surface area contributed by atoms with Gasteiger partial charge in [0.05, 0.1) is 23.5 Å². The Hall–Kier alpha value is -2.53. The molecule has 2 rings (SSSR count). The molecule has 2 aromatic rings. The van der Waals surface area contributed by atoms with Crippen molar-refractivity contribution in [2.75, 3.05) is 37.7 Å². The average molecular weight is 370 g/mol. The molecule has 0 atom stereocenters. The second-order valence-electron chi connectivity index (χ2n) is 6.71. The topological polar surface area (TPSA) is 81.6 Å². The molecule has 0 unspecified atom stereocenters. The summed E-state index contributed by atoms with van der Waals surface area (Å²) in [5.41, 5.74) is 13.5. The number of carbonyl (C=O) groups is 1. The molecule has 0 radical (unpaired) electrons. The van der Waals surface area contributed by atoms with E-state index in [1.807, 2.05) is 18.2 Å². The molecule has 0 aliphatic rings. The van der Waals surface area contributed by atoms with Crippen molar-refractivity contribution < 1.29 is 9.53 Å². The number of carbonyl (C=O) groups excluding carboxylic acids is 1. The number of hydrogen-bond donors (Lipinski definition) is 2. The molecule has 0 bridgehead atoms. The van der Waals surface area contributed by atoms with Crippen molar-refractivity contribution in [2.45, 2.75) is 33.1 Å². The Morgan fingerprint density at radius 3 is 2.33 bits per heavy atom. The highest BCUT2D eigenvalue weighted by molar-refractivity contribution is 6.11. The van der Waals surface area contributed by atoms with E-state index in [-0.39, 0.29) is 5.78 Å². The summed E-state index contributed by atoms with van der Waals surface area (Å²) in [7, 11) is 0. The molecule has 5 heteroatoms. The van der Waals surface area contributed by atoms with Crippen molar-refractivity contribution in [2.24, 2.45) is 0 Å². The van der Waals surface area contributed by atoms with Gasteiger partial charge in [0.2, 0.25) is 0 Å². The summed E-state index contributed by atoms with van der Waals surface area (Å²) in [6, 6.07) is 12.3. The molecular weight excluding hydrogens is 338 g/mol. The van der Waals surface area contributed by atoms with Crippen LogP contribution < -0.4 is 16.2 Å². The zero-order valence-corrected chi connectivity index (χ0v) is 16.4. The Morgan fingerprint density at radius 2 is 1.67 bits per heavy atom. The minimum Gasteiger partial charge on any atom is -0.493 e. The van der Waals surface area contributed by atoms with Crippen molar-refractivity contribution in [3.05, 3.63) is 53.6 Å². The second-order valence-corrected chi connectivity index (χ2v) is 6.71. The lowest BCUT2D eigenvalue weighted by Gasteiger charge is -2.21. The predicted octanol–water partition coefficient (Wildman–Crippen LogP) is 3.97. The number of ether oxygens (including phenoxy) is 1. The largest absolute Gasteiger partial charge is 0.493 e. The lowest BCUT2D eigenvalue weighted by atomic mass is 10.0. The van der Waals surface area contributed by atoms with Crippen LogP contribution in [-0.4, -0.2) is 36.9 Å². The van der Waals surface area contributed by atoms with Gasteiger partial charge in [-0.3, -0.25) is 4.79 Å². The summed E-state index contributed by atoms with van der Waals surface area (Å²) in [6.45, 7) is 8.21. The highest BCUT2D eigenvalue weighted by Crippen LogP contribution is 2.24. The van der Waals surface area contributed by atoms with E-state index in [1.54, 1.807) is 24.3 Å². The average Bonchev–Trinajstić information content (AvgIpc) is 2.67. The molecule has 0 spiro atoms. The van der Waals surface area contributed by atoms with Crippen LogP contribution in [0.2, 0.25) is 0 Å². The predicted molar refractivity (Wildman–Crippen MR) is 112 cm³/mol. The highest BCUT2D eigenvalue weighted by Gasteiger charge is 2.15. The number of nitrogen functional groups attached to an aromatic ring is 2. The first-order valence-electron chi connectivity index (χ1n) is 9.70. The van der Waals surface area contributed by atoms with Gasteiger partial charge in [-0.1, -0.05) is 26.0 Å². The maximum atomic E-state index is 12.9. The Balaban J connectivity index is 2.00. The number of hydrogen-bond acceptors (Lipinski definition) is 5. The lowest BCUT2D eigenvalue weighted by Crippen LogP contribution is -2.27. The van der Waals surface area contributed by atoms with Gasteiger partial charge in [-0.05, 0) is 62.7 Å². The molecule has 0 saturated carbocycles. The maximum Gasteiger partial charge on any atom is 0.196 e. The summed E-state index contributed by atoms with van der Waals surface area (Å²) in [4.78, 5) is 15.3. The van der Waals surface area contributed by atoms with Gasteiger partial charge >= 0.3 is 0 Å². The van der Waals surface area contributed by atoms with E-state index in [0.717, 1.165) is 38.9 Å². The number of benzene rings is 2. The molecule has 0 saturated heterocycles. The molecular formula is C22H31N3O2. The molecule has 146 valence electrons. The van der Waals surface area contributed by atoms with Crippen molar-refractivity contribution in [1.82, 2.24) is 4.90 Å². The Morgan fingerprint density at radius 1 is 0.963 bits per heavy atom. The third-order valence-corrected chi connectivity index (χ3v) is 4.44. The molecule has 4 N–H and O–H groups in total. The molecule has 0 fully saturated rings. The minimum absolute atomic E-state index is 0.115. The van der Waals surface area contributed by atoms with Crippen LogP contribution in [-0.2, 0) is 0 Å². The lowest BCUT2D eigenvalue weighted by molar-refractivity contribution is 0.103. The normalized spacial score (nSPS) is 10.9. The summed E-state index contributed by atoms with van der Waals surface area (Å²) in [5.74, 6) is 0.492. The summed E-state index contributed by atoms with van der Waals surface area (Å²) >= 11 is 0. The van der Waals surface area contributed by atoms with Gasteiger partial charge in [0.1, 0.15) is 5.75 Å². The van der Waals surface area contributed by atoms with Crippen LogP contribution in [0, 0.1) is 0 Å². The molecule has 5 nitrogen and oxygen atoms in total. The number of nitrogens with zero attached hydrogens (tertiary/aromatic N) is 1. The fourth-order valence-electron chi connectivity index (χ4n) is 3.09. The van der Waals surface area contributed by atoms with Crippen molar-refractivity contribution in [3.63, 3.8) is 0 Å². The van der Waals surface area contributed by atoms with Gasteiger partial charge < -0.3 is 21.1 Å². The summed E-state index contributed by atoms with van der Waals surface area (Å²) in [6.07, 6.45) is 3.24. The maximum absolute atomic E-state index is 12.9. The van der Waals surface area contributed by atoms with Crippen LogP contribution in [0.3, 0.4) is 0 Å². The van der Waals surface area contributed by atoms with Crippen molar-refractivity contribution >= 4 is 17.2 Å². The van der Waals surface area contributed by atoms with Crippen LogP contribution >= 0.6 is 0 Å². The number of para-hydroxylation sites is 1.